The van der Waals surface area contributed by atoms with Gasteiger partial charge in [-0.3, -0.25) is 4.79 Å². The lowest BCUT2D eigenvalue weighted by Crippen LogP contribution is -2.14. The second-order valence-electron chi connectivity index (χ2n) is 6.70. The van der Waals surface area contributed by atoms with E-state index in [-0.39, 0.29) is 5.91 Å². The van der Waals surface area contributed by atoms with Crippen molar-refractivity contribution in [2.45, 2.75) is 25.7 Å². The maximum absolute atomic E-state index is 12.8. The van der Waals surface area contributed by atoms with Gasteiger partial charge in [-0.1, -0.05) is 17.4 Å². The maximum atomic E-state index is 12.8. The number of carbonyl (C=O) groups is 1. The molecule has 0 fully saturated rings. The minimum atomic E-state index is -0.219. The number of hydrogen-bond acceptors (Lipinski definition) is 4. The van der Waals surface area contributed by atoms with Crippen molar-refractivity contribution in [2.75, 3.05) is 14.2 Å². The van der Waals surface area contributed by atoms with E-state index in [1.807, 2.05) is 35.9 Å². The molecule has 27 heavy (non-hydrogen) atoms. The van der Waals surface area contributed by atoms with E-state index in [2.05, 4.69) is 11.1 Å². The molecule has 0 atom stereocenters. The number of aryl methyl sites for hydroxylation is 3. The van der Waals surface area contributed by atoms with E-state index in [9.17, 15) is 4.79 Å². The first-order chi connectivity index (χ1) is 13.1. The van der Waals surface area contributed by atoms with Crippen molar-refractivity contribution in [3.8, 4) is 11.5 Å². The molecule has 6 heteroatoms. The number of fused-ring (bicyclic) bond motifs is 2. The van der Waals surface area contributed by atoms with Crippen molar-refractivity contribution in [1.82, 2.24) is 4.57 Å². The molecule has 0 saturated carbocycles. The third-order valence-corrected chi connectivity index (χ3v) is 6.25. The summed E-state index contributed by atoms with van der Waals surface area (Å²) in [5.41, 5.74) is 4.16. The highest BCUT2D eigenvalue weighted by molar-refractivity contribution is 7.16. The van der Waals surface area contributed by atoms with Crippen LogP contribution in [-0.4, -0.2) is 24.7 Å². The Bertz CT molecular complexity index is 1090. The van der Waals surface area contributed by atoms with Gasteiger partial charge in [-0.25, -0.2) is 0 Å². The van der Waals surface area contributed by atoms with Crippen molar-refractivity contribution in [2.24, 2.45) is 12.0 Å². The van der Waals surface area contributed by atoms with Crippen LogP contribution < -0.4 is 14.3 Å². The molecule has 0 saturated heterocycles. The van der Waals surface area contributed by atoms with Crippen molar-refractivity contribution >= 4 is 27.5 Å². The number of ether oxygens (including phenoxy) is 2. The van der Waals surface area contributed by atoms with Crippen LogP contribution in [-0.2, 0) is 19.9 Å². The molecular formula is C21H22N2O3S. The van der Waals surface area contributed by atoms with E-state index in [0.29, 0.717) is 10.4 Å². The SMILES string of the molecule is COc1ccc(OC)c2c1sc(=NC(=O)c1ccc3c(c1)CCCC3)n2C. The van der Waals surface area contributed by atoms with Crippen molar-refractivity contribution in [3.05, 3.63) is 51.8 Å². The summed E-state index contributed by atoms with van der Waals surface area (Å²) >= 11 is 1.43. The molecule has 5 nitrogen and oxygen atoms in total. The minimum Gasteiger partial charge on any atom is -0.495 e. The summed E-state index contributed by atoms with van der Waals surface area (Å²) in [7, 11) is 5.16. The number of benzene rings is 2. The van der Waals surface area contributed by atoms with E-state index in [1.54, 1.807) is 14.2 Å². The first-order valence-corrected chi connectivity index (χ1v) is 9.85. The topological polar surface area (TPSA) is 52.8 Å². The van der Waals surface area contributed by atoms with Crippen LogP contribution in [0.1, 0.15) is 34.3 Å². The molecule has 0 N–H and O–H groups in total. The number of rotatable bonds is 3. The zero-order chi connectivity index (χ0) is 19.0. The normalized spacial score (nSPS) is 14.3. The Morgan fingerprint density at radius 1 is 1.04 bits per heavy atom. The fourth-order valence-electron chi connectivity index (χ4n) is 3.65. The fraction of sp³-hybridized carbons (Fsp3) is 0.333. The lowest BCUT2D eigenvalue weighted by atomic mass is 9.90. The molecule has 1 aliphatic carbocycles. The number of nitrogens with zero attached hydrogens (tertiary/aromatic N) is 2. The lowest BCUT2D eigenvalue weighted by molar-refractivity contribution is 0.0998. The van der Waals surface area contributed by atoms with Gasteiger partial charge in [0.25, 0.3) is 5.91 Å². The average molecular weight is 382 g/mol. The Balaban J connectivity index is 1.81. The van der Waals surface area contributed by atoms with Crippen molar-refractivity contribution in [3.63, 3.8) is 0 Å². The summed E-state index contributed by atoms with van der Waals surface area (Å²) in [4.78, 5) is 17.8. The monoisotopic (exact) mass is 382 g/mol. The lowest BCUT2D eigenvalue weighted by Gasteiger charge is -2.15. The van der Waals surface area contributed by atoms with Crippen LogP contribution in [0.25, 0.3) is 10.2 Å². The molecule has 1 aliphatic rings. The first kappa shape index (κ1) is 17.8. The number of aromatic nitrogens is 1. The molecule has 0 radical (unpaired) electrons. The van der Waals surface area contributed by atoms with Crippen LogP contribution in [0.3, 0.4) is 0 Å². The van der Waals surface area contributed by atoms with Crippen LogP contribution in [0.4, 0.5) is 0 Å². The van der Waals surface area contributed by atoms with Crippen LogP contribution in [0.5, 0.6) is 11.5 Å². The molecule has 2 aromatic carbocycles. The van der Waals surface area contributed by atoms with E-state index >= 15 is 0 Å². The number of methoxy groups -OCH3 is 2. The number of carbonyl (C=O) groups excluding carboxylic acids is 1. The third kappa shape index (κ3) is 3.14. The maximum Gasteiger partial charge on any atom is 0.279 e. The standard InChI is InChI=1S/C21H22N2O3S/c1-23-18-16(25-2)10-11-17(26-3)19(18)27-21(23)22-20(24)15-9-8-13-6-4-5-7-14(13)12-15/h8-12H,4-7H2,1-3H3. The smallest absolute Gasteiger partial charge is 0.279 e. The summed E-state index contributed by atoms with van der Waals surface area (Å²) < 4.78 is 13.7. The Morgan fingerprint density at radius 3 is 2.48 bits per heavy atom. The summed E-state index contributed by atoms with van der Waals surface area (Å²) in [6, 6.07) is 9.71. The summed E-state index contributed by atoms with van der Waals surface area (Å²) in [6.45, 7) is 0. The van der Waals surface area contributed by atoms with Gasteiger partial charge in [-0.2, -0.15) is 4.99 Å². The van der Waals surface area contributed by atoms with Crippen molar-refractivity contribution < 1.29 is 14.3 Å². The van der Waals surface area contributed by atoms with Gasteiger partial charge in [0.1, 0.15) is 21.7 Å². The first-order valence-electron chi connectivity index (χ1n) is 9.03. The largest absolute Gasteiger partial charge is 0.495 e. The molecule has 1 heterocycles. The van der Waals surface area contributed by atoms with Crippen LogP contribution in [0.15, 0.2) is 35.3 Å². The van der Waals surface area contributed by atoms with Crippen LogP contribution in [0, 0.1) is 0 Å². The predicted octanol–water partition coefficient (Wildman–Crippen LogP) is 3.88. The second kappa shape index (κ2) is 7.19. The van der Waals surface area contributed by atoms with Gasteiger partial charge >= 0.3 is 0 Å². The van der Waals surface area contributed by atoms with Gasteiger partial charge in [-0.05, 0) is 61.1 Å². The molecule has 4 rings (SSSR count). The molecule has 1 aromatic heterocycles. The Labute approximate surface area is 161 Å². The highest BCUT2D eigenvalue weighted by atomic mass is 32.1. The molecule has 3 aromatic rings. The number of hydrogen-bond donors (Lipinski definition) is 0. The second-order valence-corrected chi connectivity index (χ2v) is 7.68. The van der Waals surface area contributed by atoms with Gasteiger partial charge < -0.3 is 14.0 Å². The van der Waals surface area contributed by atoms with E-state index < -0.39 is 0 Å². The van der Waals surface area contributed by atoms with Gasteiger partial charge in [0.05, 0.1) is 14.2 Å². The van der Waals surface area contributed by atoms with E-state index in [4.69, 9.17) is 9.47 Å². The molecule has 0 aliphatic heterocycles. The summed E-state index contributed by atoms with van der Waals surface area (Å²) in [6.07, 6.45) is 4.56. The average Bonchev–Trinajstić information content (AvgIpc) is 3.03. The molecule has 0 spiro atoms. The van der Waals surface area contributed by atoms with E-state index in [0.717, 1.165) is 34.6 Å². The predicted molar refractivity (Wildman–Crippen MR) is 107 cm³/mol. The minimum absolute atomic E-state index is 0.219. The Morgan fingerprint density at radius 2 is 1.74 bits per heavy atom. The van der Waals surface area contributed by atoms with Gasteiger partial charge in [0.2, 0.25) is 0 Å². The molecular weight excluding hydrogens is 360 g/mol. The molecule has 0 unspecified atom stereocenters. The van der Waals surface area contributed by atoms with Gasteiger partial charge in [0.15, 0.2) is 4.80 Å². The van der Waals surface area contributed by atoms with Gasteiger partial charge in [0, 0.05) is 12.6 Å². The highest BCUT2D eigenvalue weighted by Gasteiger charge is 2.16. The fourth-order valence-corrected chi connectivity index (χ4v) is 4.77. The zero-order valence-electron chi connectivity index (χ0n) is 15.7. The van der Waals surface area contributed by atoms with Crippen LogP contribution >= 0.6 is 11.3 Å². The highest BCUT2D eigenvalue weighted by Crippen LogP contribution is 2.34. The molecule has 1 amide bonds. The van der Waals surface area contributed by atoms with Crippen molar-refractivity contribution in [1.29, 1.82) is 0 Å². The Hall–Kier alpha value is -2.60. The summed E-state index contributed by atoms with van der Waals surface area (Å²) in [5, 5.41) is 0. The molecule has 140 valence electrons. The Kier molecular flexibility index (Phi) is 4.74. The van der Waals surface area contributed by atoms with Gasteiger partial charge in [-0.15, -0.1) is 0 Å². The number of amides is 1. The zero-order valence-corrected chi connectivity index (χ0v) is 16.6. The number of thiazole rings is 1. The summed E-state index contributed by atoms with van der Waals surface area (Å²) in [5.74, 6) is 1.25. The van der Waals surface area contributed by atoms with Crippen LogP contribution in [0.2, 0.25) is 0 Å². The third-order valence-electron chi connectivity index (χ3n) is 5.11. The molecule has 0 bridgehead atoms. The quantitative estimate of drug-likeness (QED) is 0.691. The van der Waals surface area contributed by atoms with E-state index in [1.165, 1.54) is 35.3 Å².